The molecular formula is C20H18N2O5S. The number of fused-ring (bicyclic) bond motifs is 2. The monoisotopic (exact) mass is 398 g/mol. The molecule has 1 aliphatic rings. The van der Waals surface area contributed by atoms with Crippen LogP contribution in [0, 0.1) is 0 Å². The zero-order chi connectivity index (χ0) is 19.5. The predicted molar refractivity (Wildman–Crippen MR) is 106 cm³/mol. The van der Waals surface area contributed by atoms with E-state index >= 15 is 0 Å². The van der Waals surface area contributed by atoms with Gasteiger partial charge in [-0.05, 0) is 30.3 Å². The maximum atomic E-state index is 12.3. The van der Waals surface area contributed by atoms with Crippen molar-refractivity contribution in [3.63, 3.8) is 0 Å². The van der Waals surface area contributed by atoms with E-state index in [0.717, 1.165) is 10.4 Å². The smallest absolute Gasteiger partial charge is 0.345 e. The summed E-state index contributed by atoms with van der Waals surface area (Å²) in [5.41, 5.74) is 1.49. The van der Waals surface area contributed by atoms with Crippen molar-refractivity contribution in [1.29, 1.82) is 0 Å². The number of benzene rings is 2. The van der Waals surface area contributed by atoms with Gasteiger partial charge in [0.2, 0.25) is 0 Å². The van der Waals surface area contributed by atoms with E-state index < -0.39 is 5.97 Å². The molecule has 28 heavy (non-hydrogen) atoms. The van der Waals surface area contributed by atoms with Crippen LogP contribution in [0.5, 0.6) is 11.5 Å². The van der Waals surface area contributed by atoms with E-state index in [-0.39, 0.29) is 22.9 Å². The molecule has 2 N–H and O–H groups in total. The quantitative estimate of drug-likeness (QED) is 0.294. The highest BCUT2D eigenvalue weighted by Crippen LogP contribution is 2.35. The van der Waals surface area contributed by atoms with Gasteiger partial charge in [0, 0.05) is 4.90 Å². The molecule has 8 heteroatoms. The number of aromatic amines is 1. The Balaban J connectivity index is 1.60. The minimum atomic E-state index is -0.653. The van der Waals surface area contributed by atoms with E-state index in [1.54, 1.807) is 0 Å². The number of hydrogen-bond donors (Lipinski definition) is 2. The first-order valence-electron chi connectivity index (χ1n) is 8.63. The van der Waals surface area contributed by atoms with Gasteiger partial charge in [0.15, 0.2) is 11.5 Å². The van der Waals surface area contributed by atoms with Crippen molar-refractivity contribution < 1.29 is 24.1 Å². The largest absolute Gasteiger partial charge is 0.510 e. The number of aliphatic hydroxyl groups excluding tert-OH is 1. The number of para-hydroxylation sites is 2. The number of H-pyrrole nitrogens is 1. The number of aromatic nitrogens is 2. The molecule has 0 amide bonds. The van der Waals surface area contributed by atoms with E-state index in [1.165, 1.54) is 18.9 Å². The standard InChI is InChI=1S/C20H18N2O5S/c1-25-20(24)18(19-21-13-4-2-3-5-14(13)22-19)15(23)11-28-12-6-7-16-17(10-12)27-9-8-26-16/h2-7,10,23H,8-9,11H2,1H3,(H,21,22)/b18-15-. The number of carbonyl (C=O) groups is 1. The fraction of sp³-hybridized carbons (Fsp3) is 0.200. The van der Waals surface area contributed by atoms with E-state index in [4.69, 9.17) is 14.2 Å². The molecule has 0 unspecified atom stereocenters. The molecule has 2 aromatic carbocycles. The number of ether oxygens (including phenoxy) is 3. The number of rotatable bonds is 5. The van der Waals surface area contributed by atoms with Gasteiger partial charge >= 0.3 is 5.97 Å². The van der Waals surface area contributed by atoms with Crippen molar-refractivity contribution >= 4 is 34.3 Å². The van der Waals surface area contributed by atoms with Gasteiger partial charge in [0.05, 0.1) is 23.9 Å². The SMILES string of the molecule is COC(=O)/C(=C(\O)CSc1ccc2c(c1)OCCO2)c1nc2ccccc2[nH]1. The molecule has 1 aromatic heterocycles. The third-order valence-corrected chi connectivity index (χ3v) is 5.20. The van der Waals surface area contributed by atoms with Gasteiger partial charge in [0.25, 0.3) is 0 Å². The zero-order valence-electron chi connectivity index (χ0n) is 15.1. The molecule has 0 saturated carbocycles. The second-order valence-corrected chi connectivity index (χ2v) is 7.06. The van der Waals surface area contributed by atoms with E-state index in [0.29, 0.717) is 30.2 Å². The molecule has 4 rings (SSSR count). The van der Waals surface area contributed by atoms with Crippen LogP contribution in [0.15, 0.2) is 53.1 Å². The Kier molecular flexibility index (Phi) is 5.12. The fourth-order valence-electron chi connectivity index (χ4n) is 2.86. The Morgan fingerprint density at radius 3 is 2.79 bits per heavy atom. The summed E-state index contributed by atoms with van der Waals surface area (Å²) < 4.78 is 15.9. The number of aliphatic hydroxyl groups is 1. The van der Waals surface area contributed by atoms with Crippen LogP contribution < -0.4 is 9.47 Å². The first kappa shape index (κ1) is 18.2. The number of imidazole rings is 1. The van der Waals surface area contributed by atoms with E-state index in [2.05, 4.69) is 9.97 Å². The van der Waals surface area contributed by atoms with Gasteiger partial charge in [-0.3, -0.25) is 0 Å². The van der Waals surface area contributed by atoms with Crippen molar-refractivity contribution in [2.24, 2.45) is 0 Å². The molecule has 3 aromatic rings. The summed E-state index contributed by atoms with van der Waals surface area (Å²) in [5.74, 6) is 1.04. The Morgan fingerprint density at radius 2 is 2.00 bits per heavy atom. The van der Waals surface area contributed by atoms with Crippen LogP contribution in [0.1, 0.15) is 5.82 Å². The Bertz CT molecular complexity index is 1030. The number of esters is 1. The normalized spacial score (nSPS) is 13.9. The lowest BCUT2D eigenvalue weighted by molar-refractivity contribution is -0.133. The van der Waals surface area contributed by atoms with Gasteiger partial charge in [0.1, 0.15) is 30.4 Å². The summed E-state index contributed by atoms with van der Waals surface area (Å²) in [7, 11) is 1.27. The van der Waals surface area contributed by atoms with Gasteiger partial charge in [-0.1, -0.05) is 12.1 Å². The molecule has 2 heterocycles. The Morgan fingerprint density at radius 1 is 1.21 bits per heavy atom. The highest BCUT2D eigenvalue weighted by Gasteiger charge is 2.22. The first-order chi connectivity index (χ1) is 13.7. The summed E-state index contributed by atoms with van der Waals surface area (Å²) in [6.07, 6.45) is 0. The van der Waals surface area contributed by atoms with Crippen LogP contribution in [-0.4, -0.2) is 47.1 Å². The highest BCUT2D eigenvalue weighted by molar-refractivity contribution is 7.99. The van der Waals surface area contributed by atoms with Crippen LogP contribution in [0.3, 0.4) is 0 Å². The predicted octanol–water partition coefficient (Wildman–Crippen LogP) is 3.57. The summed E-state index contributed by atoms with van der Waals surface area (Å²) in [6, 6.07) is 13.0. The van der Waals surface area contributed by atoms with Crippen molar-refractivity contribution in [1.82, 2.24) is 9.97 Å². The lowest BCUT2D eigenvalue weighted by atomic mass is 10.2. The highest BCUT2D eigenvalue weighted by atomic mass is 32.2. The lowest BCUT2D eigenvalue weighted by Gasteiger charge is -2.18. The average molecular weight is 398 g/mol. The molecule has 7 nitrogen and oxygen atoms in total. The van der Waals surface area contributed by atoms with Crippen molar-refractivity contribution in [2.45, 2.75) is 4.90 Å². The van der Waals surface area contributed by atoms with Crippen LogP contribution in [0.4, 0.5) is 0 Å². The van der Waals surface area contributed by atoms with Crippen LogP contribution >= 0.6 is 11.8 Å². The summed E-state index contributed by atoms with van der Waals surface area (Å²) in [4.78, 5) is 20.6. The van der Waals surface area contributed by atoms with Crippen molar-refractivity contribution in [3.05, 3.63) is 54.0 Å². The van der Waals surface area contributed by atoms with E-state index in [1.807, 2.05) is 42.5 Å². The van der Waals surface area contributed by atoms with E-state index in [9.17, 15) is 9.90 Å². The molecule has 144 valence electrons. The first-order valence-corrected chi connectivity index (χ1v) is 9.62. The van der Waals surface area contributed by atoms with Gasteiger partial charge < -0.3 is 24.3 Å². The molecule has 1 aliphatic heterocycles. The van der Waals surface area contributed by atoms with Crippen molar-refractivity contribution in [2.75, 3.05) is 26.1 Å². The molecule has 0 spiro atoms. The summed E-state index contributed by atoms with van der Waals surface area (Å²) >= 11 is 1.37. The van der Waals surface area contributed by atoms with Crippen LogP contribution in [0.2, 0.25) is 0 Å². The number of thioether (sulfide) groups is 1. The minimum absolute atomic E-state index is 0.0174. The molecule has 0 radical (unpaired) electrons. The Hall–Kier alpha value is -3.13. The van der Waals surface area contributed by atoms with Crippen LogP contribution in [-0.2, 0) is 9.53 Å². The average Bonchev–Trinajstić information content (AvgIpc) is 3.15. The number of methoxy groups -OCH3 is 1. The topological polar surface area (TPSA) is 93.7 Å². The van der Waals surface area contributed by atoms with Gasteiger partial charge in [-0.15, -0.1) is 11.8 Å². The summed E-state index contributed by atoms with van der Waals surface area (Å²) in [6.45, 7) is 1.04. The third kappa shape index (κ3) is 3.63. The number of nitrogens with one attached hydrogen (secondary N) is 1. The Labute approximate surface area is 165 Å². The summed E-state index contributed by atoms with van der Waals surface area (Å²) in [5, 5.41) is 10.6. The molecular weight excluding hydrogens is 380 g/mol. The molecule has 0 aliphatic carbocycles. The fourth-order valence-corrected chi connectivity index (χ4v) is 3.66. The van der Waals surface area contributed by atoms with Crippen molar-refractivity contribution in [3.8, 4) is 11.5 Å². The molecule has 0 saturated heterocycles. The molecule has 0 fully saturated rings. The van der Waals surface area contributed by atoms with Crippen LogP contribution in [0.25, 0.3) is 16.6 Å². The molecule has 0 atom stereocenters. The maximum Gasteiger partial charge on any atom is 0.345 e. The van der Waals surface area contributed by atoms with Gasteiger partial charge in [-0.25, -0.2) is 9.78 Å². The zero-order valence-corrected chi connectivity index (χ0v) is 15.9. The van der Waals surface area contributed by atoms with Gasteiger partial charge in [-0.2, -0.15) is 0 Å². The number of nitrogens with zero attached hydrogens (tertiary/aromatic N) is 1. The minimum Gasteiger partial charge on any atom is -0.510 e. The number of hydrogen-bond acceptors (Lipinski definition) is 7. The number of carbonyl (C=O) groups excluding carboxylic acids is 1. The second kappa shape index (κ2) is 7.85. The third-order valence-electron chi connectivity index (χ3n) is 4.19. The molecule has 0 bridgehead atoms. The maximum absolute atomic E-state index is 12.3. The second-order valence-electron chi connectivity index (χ2n) is 6.01. The lowest BCUT2D eigenvalue weighted by Crippen LogP contribution is -2.15.